The quantitative estimate of drug-likeness (QED) is 0.297. The molecule has 0 saturated heterocycles. The van der Waals surface area contributed by atoms with Crippen molar-refractivity contribution in [2.24, 2.45) is 5.84 Å². The van der Waals surface area contributed by atoms with Gasteiger partial charge in [0.1, 0.15) is 11.0 Å². The molecule has 4 nitrogen and oxygen atoms in total. The van der Waals surface area contributed by atoms with Crippen LogP contribution in [-0.4, -0.2) is 16.8 Å². The highest BCUT2D eigenvalue weighted by atomic mass is 35.6. The van der Waals surface area contributed by atoms with Crippen LogP contribution < -0.4 is 10.9 Å². The molecular formula is C8H6Cl5N3O. The first-order valence-corrected chi connectivity index (χ1v) is 6.18. The molecule has 1 rings (SSSR count). The zero-order valence-electron chi connectivity index (χ0n) is 8.13. The zero-order chi connectivity index (χ0) is 13.2. The summed E-state index contributed by atoms with van der Waals surface area (Å²) in [4.78, 5) is 15.1. The van der Waals surface area contributed by atoms with Gasteiger partial charge in [0.05, 0.1) is 0 Å². The fourth-order valence-corrected chi connectivity index (χ4v) is 1.62. The molecule has 0 radical (unpaired) electrons. The summed E-state index contributed by atoms with van der Waals surface area (Å²) in [6.07, 6.45) is 0. The van der Waals surface area contributed by atoms with Crippen LogP contribution in [0.15, 0.2) is 12.1 Å². The van der Waals surface area contributed by atoms with Crippen molar-refractivity contribution in [3.8, 4) is 0 Å². The maximum absolute atomic E-state index is 11.3. The van der Waals surface area contributed by atoms with Crippen molar-refractivity contribution in [1.82, 2.24) is 4.98 Å². The Labute approximate surface area is 122 Å². The molecule has 0 spiro atoms. The minimum absolute atomic E-state index is 0.0432. The Morgan fingerprint density at radius 1 is 1.41 bits per heavy atom. The Morgan fingerprint density at radius 3 is 2.47 bits per heavy atom. The third kappa shape index (κ3) is 4.02. The number of amides is 1. The average Bonchev–Trinajstić information content (AvgIpc) is 2.25. The van der Waals surface area contributed by atoms with Gasteiger partial charge >= 0.3 is 0 Å². The van der Waals surface area contributed by atoms with E-state index in [1.165, 1.54) is 12.1 Å². The first-order valence-electron chi connectivity index (χ1n) is 4.14. The van der Waals surface area contributed by atoms with Crippen LogP contribution in [0.25, 0.3) is 0 Å². The van der Waals surface area contributed by atoms with Crippen molar-refractivity contribution in [1.29, 1.82) is 0 Å². The maximum atomic E-state index is 11.3. The van der Waals surface area contributed by atoms with Crippen LogP contribution in [0.5, 0.6) is 0 Å². The SMILES string of the molecule is NN(C(=O)CCl)c1cc(C(Cl)(Cl)Cl)cc(Cl)n1. The Hall–Kier alpha value is 0.0300. The van der Waals surface area contributed by atoms with Crippen LogP contribution in [-0.2, 0) is 8.59 Å². The van der Waals surface area contributed by atoms with E-state index in [1.54, 1.807) is 0 Å². The normalized spacial score (nSPS) is 11.4. The van der Waals surface area contributed by atoms with Gasteiger partial charge in [0.25, 0.3) is 5.91 Å². The summed E-state index contributed by atoms with van der Waals surface area (Å²) in [7, 11) is 0. The molecule has 9 heteroatoms. The highest BCUT2D eigenvalue weighted by molar-refractivity contribution is 6.66. The number of nitrogens with two attached hydrogens (primary N) is 1. The van der Waals surface area contributed by atoms with Crippen molar-refractivity contribution >= 4 is 69.7 Å². The lowest BCUT2D eigenvalue weighted by Gasteiger charge is -2.17. The van der Waals surface area contributed by atoms with Gasteiger partial charge < -0.3 is 0 Å². The molecule has 0 aliphatic carbocycles. The van der Waals surface area contributed by atoms with Gasteiger partial charge in [-0.05, 0) is 12.1 Å². The lowest BCUT2D eigenvalue weighted by molar-refractivity contribution is -0.116. The second-order valence-electron chi connectivity index (χ2n) is 2.93. The van der Waals surface area contributed by atoms with Crippen LogP contribution in [0.3, 0.4) is 0 Å². The molecule has 2 N–H and O–H groups in total. The summed E-state index contributed by atoms with van der Waals surface area (Å²) in [5, 5.41) is 0.778. The number of pyridine rings is 1. The lowest BCUT2D eigenvalue weighted by atomic mass is 10.3. The second kappa shape index (κ2) is 5.78. The molecule has 17 heavy (non-hydrogen) atoms. The van der Waals surface area contributed by atoms with Crippen LogP contribution in [0.4, 0.5) is 5.82 Å². The number of carbonyl (C=O) groups excluding carboxylic acids is 1. The zero-order valence-corrected chi connectivity index (χ0v) is 11.9. The highest BCUT2D eigenvalue weighted by Gasteiger charge is 2.25. The van der Waals surface area contributed by atoms with Gasteiger partial charge in [0.2, 0.25) is 3.79 Å². The van der Waals surface area contributed by atoms with Crippen molar-refractivity contribution in [3.05, 3.63) is 22.8 Å². The first kappa shape index (κ1) is 15.1. The maximum Gasteiger partial charge on any atom is 0.257 e. The number of hydrogen-bond donors (Lipinski definition) is 1. The molecule has 1 aromatic rings. The van der Waals surface area contributed by atoms with Crippen molar-refractivity contribution in [2.75, 3.05) is 10.9 Å². The summed E-state index contributed by atoms with van der Waals surface area (Å²) < 4.78 is -1.69. The van der Waals surface area contributed by atoms with E-state index in [0.29, 0.717) is 0 Å². The monoisotopic (exact) mass is 335 g/mol. The minimum Gasteiger partial charge on any atom is -0.272 e. The highest BCUT2D eigenvalue weighted by Crippen LogP contribution is 2.39. The molecule has 0 saturated carbocycles. The topological polar surface area (TPSA) is 59.2 Å². The smallest absolute Gasteiger partial charge is 0.257 e. The summed E-state index contributed by atoms with van der Waals surface area (Å²) in [6.45, 7) is 0. The molecule has 94 valence electrons. The van der Waals surface area contributed by atoms with Gasteiger partial charge in [-0.15, -0.1) is 11.6 Å². The Kier molecular flexibility index (Phi) is 5.13. The number of hydrazine groups is 1. The van der Waals surface area contributed by atoms with Gasteiger partial charge in [-0.25, -0.2) is 15.8 Å². The molecule has 0 unspecified atom stereocenters. The molecule has 0 aliphatic rings. The molecule has 0 fully saturated rings. The first-order chi connectivity index (χ1) is 7.75. The van der Waals surface area contributed by atoms with Gasteiger partial charge in [0.15, 0.2) is 5.82 Å². The number of halogens is 5. The standard InChI is InChI=1S/C8H6Cl5N3O/c9-3-7(17)16(14)6-2-4(8(11,12)13)1-5(10)15-6/h1-2H,3,14H2. The summed E-state index contributed by atoms with van der Waals surface area (Å²) in [5.74, 6) is 4.67. The number of aromatic nitrogens is 1. The van der Waals surface area contributed by atoms with Crippen LogP contribution in [0.2, 0.25) is 5.15 Å². The number of alkyl halides is 4. The van der Waals surface area contributed by atoms with Crippen LogP contribution in [0, 0.1) is 0 Å². The van der Waals surface area contributed by atoms with Crippen LogP contribution >= 0.6 is 58.0 Å². The average molecular weight is 337 g/mol. The largest absolute Gasteiger partial charge is 0.272 e. The van der Waals surface area contributed by atoms with E-state index in [4.69, 9.17) is 63.8 Å². The van der Waals surface area contributed by atoms with Gasteiger partial charge in [-0.1, -0.05) is 46.4 Å². The third-order valence-corrected chi connectivity index (χ3v) is 2.81. The van der Waals surface area contributed by atoms with E-state index in [-0.39, 0.29) is 22.4 Å². The van der Waals surface area contributed by atoms with E-state index < -0.39 is 9.70 Å². The molecule has 1 amide bonds. The Bertz CT molecular complexity index is 434. The summed E-state index contributed by atoms with van der Waals surface area (Å²) in [6, 6.07) is 2.69. The molecule has 1 aromatic heterocycles. The van der Waals surface area contributed by atoms with E-state index >= 15 is 0 Å². The minimum atomic E-state index is -1.69. The van der Waals surface area contributed by atoms with Gasteiger partial charge in [-0.2, -0.15) is 0 Å². The number of carbonyl (C=O) groups is 1. The van der Waals surface area contributed by atoms with Crippen molar-refractivity contribution in [3.63, 3.8) is 0 Å². The van der Waals surface area contributed by atoms with E-state index in [9.17, 15) is 4.79 Å². The lowest BCUT2D eigenvalue weighted by Crippen LogP contribution is -2.39. The van der Waals surface area contributed by atoms with E-state index in [0.717, 1.165) is 5.01 Å². The van der Waals surface area contributed by atoms with E-state index in [1.807, 2.05) is 0 Å². The van der Waals surface area contributed by atoms with Crippen LogP contribution in [0.1, 0.15) is 5.56 Å². The number of rotatable bonds is 2. The van der Waals surface area contributed by atoms with Crippen molar-refractivity contribution < 1.29 is 4.79 Å². The predicted octanol–water partition coefficient (Wildman–Crippen LogP) is 3.01. The predicted molar refractivity (Wildman–Crippen MR) is 70.9 cm³/mol. The summed E-state index contributed by atoms with van der Waals surface area (Å²) >= 11 is 28.2. The van der Waals surface area contributed by atoms with Crippen molar-refractivity contribution in [2.45, 2.75) is 3.79 Å². The fraction of sp³-hybridized carbons (Fsp3) is 0.250. The molecule has 0 aromatic carbocycles. The Morgan fingerprint density at radius 2 is 2.00 bits per heavy atom. The van der Waals surface area contributed by atoms with Gasteiger partial charge in [0, 0.05) is 5.56 Å². The second-order valence-corrected chi connectivity index (χ2v) is 5.87. The number of anilines is 1. The molecule has 0 bridgehead atoms. The molecule has 1 heterocycles. The van der Waals surface area contributed by atoms with E-state index in [2.05, 4.69) is 4.98 Å². The number of hydrogen-bond acceptors (Lipinski definition) is 3. The molecule has 0 aliphatic heterocycles. The third-order valence-electron chi connectivity index (χ3n) is 1.74. The molecular weight excluding hydrogens is 331 g/mol. The molecule has 0 atom stereocenters. The fourth-order valence-electron chi connectivity index (χ4n) is 0.962. The number of nitrogens with zero attached hydrogens (tertiary/aromatic N) is 2. The summed E-state index contributed by atoms with van der Waals surface area (Å²) in [5.41, 5.74) is 0.246. The Balaban J connectivity index is 3.18. The van der Waals surface area contributed by atoms with Gasteiger partial charge in [-0.3, -0.25) is 4.79 Å².